The number of morpholine rings is 1. The summed E-state index contributed by atoms with van der Waals surface area (Å²) >= 11 is 0. The Labute approximate surface area is 96.6 Å². The molecule has 2 unspecified atom stereocenters. The molecule has 0 radical (unpaired) electrons. The summed E-state index contributed by atoms with van der Waals surface area (Å²) in [6.45, 7) is 8.76. The second kappa shape index (κ2) is 4.34. The van der Waals surface area contributed by atoms with E-state index in [4.69, 9.17) is 9.84 Å². The van der Waals surface area contributed by atoms with E-state index in [0.29, 0.717) is 5.92 Å². The lowest BCUT2D eigenvalue weighted by Crippen LogP contribution is -2.37. The molecule has 0 aromatic carbocycles. The summed E-state index contributed by atoms with van der Waals surface area (Å²) in [4.78, 5) is 13.4. The number of nitrogens with zero attached hydrogens (tertiary/aromatic N) is 1. The Kier molecular flexibility index (Phi) is 3.22. The van der Waals surface area contributed by atoms with E-state index in [1.54, 1.807) is 0 Å². The topological polar surface area (TPSA) is 49.8 Å². The molecule has 4 heteroatoms. The Balaban J connectivity index is 1.76. The number of rotatable bonds is 4. The van der Waals surface area contributed by atoms with E-state index in [-0.39, 0.29) is 11.3 Å². The fourth-order valence-corrected chi connectivity index (χ4v) is 2.92. The van der Waals surface area contributed by atoms with Crippen LogP contribution in [-0.4, -0.2) is 48.8 Å². The van der Waals surface area contributed by atoms with Gasteiger partial charge in [0.2, 0.25) is 0 Å². The standard InChI is InChI=1S/C12H21NO3/c1-12(2)9(10(12)11(14)15)3-4-13-5-7-16-8-6-13/h9-10H,3-8H2,1-2H3,(H,14,15). The summed E-state index contributed by atoms with van der Waals surface area (Å²) in [7, 11) is 0. The van der Waals surface area contributed by atoms with E-state index in [2.05, 4.69) is 18.7 Å². The predicted molar refractivity (Wildman–Crippen MR) is 60.3 cm³/mol. The van der Waals surface area contributed by atoms with E-state index in [9.17, 15) is 4.79 Å². The number of aliphatic carboxylic acids is 1. The first-order valence-electron chi connectivity index (χ1n) is 6.06. The molecule has 1 N–H and O–H groups in total. The van der Waals surface area contributed by atoms with E-state index in [1.165, 1.54) is 0 Å². The van der Waals surface area contributed by atoms with Gasteiger partial charge in [-0.25, -0.2) is 0 Å². The molecular weight excluding hydrogens is 206 g/mol. The van der Waals surface area contributed by atoms with Crippen LogP contribution in [0.3, 0.4) is 0 Å². The molecule has 16 heavy (non-hydrogen) atoms. The second-order valence-corrected chi connectivity index (χ2v) is 5.49. The van der Waals surface area contributed by atoms with E-state index in [1.807, 2.05) is 0 Å². The van der Waals surface area contributed by atoms with Crippen molar-refractivity contribution in [3.63, 3.8) is 0 Å². The lowest BCUT2D eigenvalue weighted by molar-refractivity contribution is -0.139. The van der Waals surface area contributed by atoms with Crippen LogP contribution in [0.15, 0.2) is 0 Å². The van der Waals surface area contributed by atoms with Crippen LogP contribution in [0.25, 0.3) is 0 Å². The number of carboxylic acid groups (broad SMARTS) is 1. The molecule has 1 aliphatic heterocycles. The zero-order chi connectivity index (χ0) is 11.8. The number of carboxylic acids is 1. The molecule has 2 fully saturated rings. The minimum atomic E-state index is -0.628. The van der Waals surface area contributed by atoms with Gasteiger partial charge >= 0.3 is 5.97 Å². The van der Waals surface area contributed by atoms with Gasteiger partial charge in [-0.15, -0.1) is 0 Å². The van der Waals surface area contributed by atoms with Gasteiger partial charge in [-0.1, -0.05) is 13.8 Å². The Bertz CT molecular complexity index is 271. The van der Waals surface area contributed by atoms with E-state index < -0.39 is 5.97 Å². The highest BCUT2D eigenvalue weighted by atomic mass is 16.5. The third-order valence-corrected chi connectivity index (χ3v) is 4.18. The molecule has 1 saturated heterocycles. The van der Waals surface area contributed by atoms with Crippen molar-refractivity contribution in [2.45, 2.75) is 20.3 Å². The second-order valence-electron chi connectivity index (χ2n) is 5.49. The summed E-state index contributed by atoms with van der Waals surface area (Å²) < 4.78 is 5.29. The van der Waals surface area contributed by atoms with Crippen molar-refractivity contribution < 1.29 is 14.6 Å². The predicted octanol–water partition coefficient (Wildman–Crippen LogP) is 1.07. The Morgan fingerprint density at radius 2 is 2.06 bits per heavy atom. The summed E-state index contributed by atoms with van der Waals surface area (Å²) in [6, 6.07) is 0. The SMILES string of the molecule is CC1(C)C(CCN2CCOCC2)C1C(=O)O. The maximum Gasteiger partial charge on any atom is 0.307 e. The molecular formula is C12H21NO3. The fourth-order valence-electron chi connectivity index (χ4n) is 2.92. The number of hydrogen-bond acceptors (Lipinski definition) is 3. The van der Waals surface area contributed by atoms with Crippen molar-refractivity contribution in [3.8, 4) is 0 Å². The molecule has 1 heterocycles. The highest BCUT2D eigenvalue weighted by Gasteiger charge is 2.61. The van der Waals surface area contributed by atoms with Gasteiger partial charge in [0, 0.05) is 13.1 Å². The molecule has 1 saturated carbocycles. The molecule has 92 valence electrons. The van der Waals surface area contributed by atoms with Crippen LogP contribution >= 0.6 is 0 Å². The van der Waals surface area contributed by atoms with Crippen LogP contribution in [0.1, 0.15) is 20.3 Å². The monoisotopic (exact) mass is 227 g/mol. The molecule has 4 nitrogen and oxygen atoms in total. The number of hydrogen-bond donors (Lipinski definition) is 1. The van der Waals surface area contributed by atoms with Crippen molar-refractivity contribution in [1.82, 2.24) is 4.90 Å². The van der Waals surface area contributed by atoms with Crippen LogP contribution in [0.2, 0.25) is 0 Å². The van der Waals surface area contributed by atoms with Crippen molar-refractivity contribution in [1.29, 1.82) is 0 Å². The quantitative estimate of drug-likeness (QED) is 0.780. The maximum absolute atomic E-state index is 11.0. The van der Waals surface area contributed by atoms with Gasteiger partial charge in [0.25, 0.3) is 0 Å². The highest BCUT2D eigenvalue weighted by molar-refractivity contribution is 5.75. The molecule has 0 spiro atoms. The molecule has 1 aliphatic carbocycles. The van der Waals surface area contributed by atoms with Crippen molar-refractivity contribution in [3.05, 3.63) is 0 Å². The first-order chi connectivity index (χ1) is 7.53. The first-order valence-corrected chi connectivity index (χ1v) is 6.06. The van der Waals surface area contributed by atoms with Gasteiger partial charge in [-0.05, 0) is 24.3 Å². The van der Waals surface area contributed by atoms with Crippen molar-refractivity contribution >= 4 is 5.97 Å². The van der Waals surface area contributed by atoms with Crippen LogP contribution in [-0.2, 0) is 9.53 Å². The minimum Gasteiger partial charge on any atom is -0.481 e. The average molecular weight is 227 g/mol. The molecule has 0 aromatic rings. The van der Waals surface area contributed by atoms with Gasteiger partial charge in [0.1, 0.15) is 0 Å². The molecule has 0 bridgehead atoms. The molecule has 0 aromatic heterocycles. The Morgan fingerprint density at radius 1 is 1.44 bits per heavy atom. The zero-order valence-corrected chi connectivity index (χ0v) is 10.1. The summed E-state index contributed by atoms with van der Waals surface area (Å²) in [6.07, 6.45) is 1.00. The normalized spacial score (nSPS) is 33.6. The van der Waals surface area contributed by atoms with E-state index >= 15 is 0 Å². The van der Waals surface area contributed by atoms with Crippen molar-refractivity contribution in [2.75, 3.05) is 32.8 Å². The number of ether oxygens (including phenoxy) is 1. The summed E-state index contributed by atoms with van der Waals surface area (Å²) in [5.41, 5.74) is -0.00186. The third kappa shape index (κ3) is 2.23. The van der Waals surface area contributed by atoms with Crippen LogP contribution < -0.4 is 0 Å². The van der Waals surface area contributed by atoms with Gasteiger partial charge < -0.3 is 9.84 Å². The molecule has 2 atom stereocenters. The number of carbonyl (C=O) groups is 1. The lowest BCUT2D eigenvalue weighted by Gasteiger charge is -2.26. The summed E-state index contributed by atoms with van der Waals surface area (Å²) in [5.74, 6) is -0.404. The van der Waals surface area contributed by atoms with Crippen LogP contribution in [0.4, 0.5) is 0 Å². The molecule has 0 amide bonds. The average Bonchev–Trinajstić information content (AvgIpc) is 2.79. The molecule has 2 aliphatic rings. The minimum absolute atomic E-state index is 0.00186. The van der Waals surface area contributed by atoms with Gasteiger partial charge in [0.05, 0.1) is 19.1 Å². The van der Waals surface area contributed by atoms with Crippen molar-refractivity contribution in [2.24, 2.45) is 17.3 Å². The smallest absolute Gasteiger partial charge is 0.307 e. The maximum atomic E-state index is 11.0. The Morgan fingerprint density at radius 3 is 2.56 bits per heavy atom. The van der Waals surface area contributed by atoms with Gasteiger partial charge in [-0.3, -0.25) is 9.69 Å². The van der Waals surface area contributed by atoms with Gasteiger partial charge in [-0.2, -0.15) is 0 Å². The molecule has 2 rings (SSSR count). The zero-order valence-electron chi connectivity index (χ0n) is 10.1. The Hall–Kier alpha value is -0.610. The first kappa shape index (κ1) is 11.9. The summed E-state index contributed by atoms with van der Waals surface area (Å²) in [5, 5.41) is 9.06. The fraction of sp³-hybridized carbons (Fsp3) is 0.917. The third-order valence-electron chi connectivity index (χ3n) is 4.18. The van der Waals surface area contributed by atoms with Crippen LogP contribution in [0.5, 0.6) is 0 Å². The van der Waals surface area contributed by atoms with Crippen LogP contribution in [0, 0.1) is 17.3 Å². The highest BCUT2D eigenvalue weighted by Crippen LogP contribution is 2.59. The van der Waals surface area contributed by atoms with E-state index in [0.717, 1.165) is 39.3 Å². The van der Waals surface area contributed by atoms with Gasteiger partial charge in [0.15, 0.2) is 0 Å². The lowest BCUT2D eigenvalue weighted by atomic mass is 10.1. The largest absolute Gasteiger partial charge is 0.481 e.